The number of aliphatic hydroxyl groups is 1. The highest BCUT2D eigenvalue weighted by molar-refractivity contribution is 5.96. The first kappa shape index (κ1) is 46.6. The summed E-state index contributed by atoms with van der Waals surface area (Å²) in [4.78, 5) is 121. The molecule has 0 spiro atoms. The van der Waals surface area contributed by atoms with Crippen LogP contribution >= 0.6 is 0 Å². The molecule has 0 heterocycles. The summed E-state index contributed by atoms with van der Waals surface area (Å²) in [5.74, 6) is -10.7. The molecule has 16 N–H and O–H groups in total. The zero-order chi connectivity index (χ0) is 40.0. The number of hydrogen-bond acceptors (Lipinski definition) is 13. The monoisotopic (exact) mass is 747 g/mol. The first-order valence-electron chi connectivity index (χ1n) is 16.1. The van der Waals surface area contributed by atoms with Gasteiger partial charge in [0.05, 0.1) is 19.2 Å². The third kappa shape index (κ3) is 19.7. The zero-order valence-corrected chi connectivity index (χ0v) is 28.6. The third-order valence-electron chi connectivity index (χ3n) is 7.17. The van der Waals surface area contributed by atoms with E-state index in [2.05, 4.69) is 26.6 Å². The summed E-state index contributed by atoms with van der Waals surface area (Å²) in [6.07, 6.45) is -1.55. The van der Waals surface area contributed by atoms with Gasteiger partial charge in [-0.05, 0) is 52.0 Å². The lowest BCUT2D eigenvalue weighted by Gasteiger charge is -2.25. The van der Waals surface area contributed by atoms with Crippen LogP contribution in [0, 0.1) is 0 Å². The lowest BCUT2D eigenvalue weighted by atomic mass is 10.0. The molecule has 0 fully saturated rings. The second kappa shape index (κ2) is 24.7. The van der Waals surface area contributed by atoms with Crippen LogP contribution in [-0.4, -0.2) is 136 Å². The normalized spacial score (nSPS) is 14.2. The van der Waals surface area contributed by atoms with E-state index in [-0.39, 0.29) is 32.2 Å². The maximum atomic E-state index is 13.2. The molecule has 23 nitrogen and oxygen atoms in total. The van der Waals surface area contributed by atoms with Crippen LogP contribution < -0.4 is 49.1 Å². The third-order valence-corrected chi connectivity index (χ3v) is 7.17. The second-order valence-electron chi connectivity index (χ2n) is 11.5. The fraction of sp³-hybridized carbons (Fsp3) is 0.655. The quantitative estimate of drug-likeness (QED) is 0.0348. The topological polar surface area (TPSA) is 402 Å². The summed E-state index contributed by atoms with van der Waals surface area (Å²) in [6.45, 7) is -0.316. The number of nitrogens with one attached hydrogen (secondary N) is 6. The van der Waals surface area contributed by atoms with Crippen molar-refractivity contribution in [2.45, 2.75) is 101 Å². The minimum Gasteiger partial charge on any atom is -0.481 e. The maximum absolute atomic E-state index is 13.2. The molecule has 0 aliphatic rings. The molecular weight excluding hydrogens is 698 g/mol. The Morgan fingerprint density at radius 1 is 0.596 bits per heavy atom. The number of carboxylic acids is 3. The van der Waals surface area contributed by atoms with Crippen LogP contribution in [0.4, 0.5) is 0 Å². The van der Waals surface area contributed by atoms with Gasteiger partial charge in [-0.2, -0.15) is 0 Å². The molecule has 0 radical (unpaired) electrons. The highest BCUT2D eigenvalue weighted by atomic mass is 16.4. The van der Waals surface area contributed by atoms with E-state index in [1.54, 1.807) is 0 Å². The summed E-state index contributed by atoms with van der Waals surface area (Å²) in [6, 6.07) is -8.66. The molecule has 0 saturated carbocycles. The van der Waals surface area contributed by atoms with Crippen molar-refractivity contribution in [3.05, 3.63) is 0 Å². The van der Waals surface area contributed by atoms with E-state index in [0.29, 0.717) is 12.8 Å². The van der Waals surface area contributed by atoms with E-state index >= 15 is 0 Å². The number of amides is 7. The van der Waals surface area contributed by atoms with Crippen molar-refractivity contribution < 1.29 is 68.4 Å². The number of primary amides is 1. The van der Waals surface area contributed by atoms with Gasteiger partial charge in [0.15, 0.2) is 0 Å². The largest absolute Gasteiger partial charge is 0.481 e. The molecule has 6 unspecified atom stereocenters. The highest BCUT2D eigenvalue weighted by Gasteiger charge is 2.31. The van der Waals surface area contributed by atoms with Crippen LogP contribution in [0.2, 0.25) is 0 Å². The van der Waals surface area contributed by atoms with Crippen molar-refractivity contribution in [3.8, 4) is 0 Å². The fourth-order valence-corrected chi connectivity index (χ4v) is 4.22. The number of aliphatic carboxylic acids is 3. The fourth-order valence-electron chi connectivity index (χ4n) is 4.22. The van der Waals surface area contributed by atoms with Crippen LogP contribution in [-0.2, 0) is 47.9 Å². The molecule has 294 valence electrons. The Morgan fingerprint density at radius 3 is 1.60 bits per heavy atom. The van der Waals surface area contributed by atoms with E-state index < -0.39 is 128 Å². The molecule has 0 saturated heterocycles. The number of hydrogen-bond donors (Lipinski definition) is 13. The molecule has 0 aromatic carbocycles. The number of unbranched alkanes of at least 4 members (excludes halogenated alkanes) is 1. The summed E-state index contributed by atoms with van der Waals surface area (Å²) in [7, 11) is 0. The number of carbonyl (C=O) groups excluding carboxylic acids is 7. The zero-order valence-electron chi connectivity index (χ0n) is 28.6. The van der Waals surface area contributed by atoms with Crippen molar-refractivity contribution >= 4 is 59.3 Å². The lowest BCUT2D eigenvalue weighted by molar-refractivity contribution is -0.144. The van der Waals surface area contributed by atoms with Gasteiger partial charge in [-0.25, -0.2) is 4.79 Å². The van der Waals surface area contributed by atoms with Gasteiger partial charge in [-0.1, -0.05) is 0 Å². The summed E-state index contributed by atoms with van der Waals surface area (Å²) in [5, 5.41) is 49.3. The Kier molecular flexibility index (Phi) is 22.1. The van der Waals surface area contributed by atoms with E-state index in [1.807, 2.05) is 5.32 Å². The summed E-state index contributed by atoms with van der Waals surface area (Å²) in [5.41, 5.74) is 16.5. The van der Waals surface area contributed by atoms with Crippen LogP contribution in [0.25, 0.3) is 0 Å². The second-order valence-corrected chi connectivity index (χ2v) is 11.5. The standard InChI is InChI=1S/C29H49N9O14/c1-14(24(46)33-12-21(41)35-17(7-10-23(44)45)28(50)38-19(13-39)29(51)52)34-26(48)18(6-8-20(32)40)37-27(49)16(4-2-3-11-30)36-25(47)15(31)5-9-22(42)43/h14-19,39H,2-13,30-31H2,1H3,(H2,32,40)(H,33,46)(H,34,48)(H,35,41)(H,36,47)(H,37,49)(H,38,50)(H,42,43)(H,44,45)(H,51,52). The summed E-state index contributed by atoms with van der Waals surface area (Å²) < 4.78 is 0. The van der Waals surface area contributed by atoms with Gasteiger partial charge in [0, 0.05) is 19.3 Å². The maximum Gasteiger partial charge on any atom is 0.328 e. The number of aliphatic hydroxyl groups excluding tert-OH is 1. The Morgan fingerprint density at radius 2 is 1.08 bits per heavy atom. The molecule has 0 rings (SSSR count). The lowest BCUT2D eigenvalue weighted by Crippen LogP contribution is -2.58. The van der Waals surface area contributed by atoms with Gasteiger partial charge in [0.25, 0.3) is 0 Å². The first-order valence-corrected chi connectivity index (χ1v) is 16.1. The molecule has 6 atom stereocenters. The molecule has 23 heteroatoms. The van der Waals surface area contributed by atoms with Gasteiger partial charge in [-0.15, -0.1) is 0 Å². The Hall–Kier alpha value is -5.42. The van der Waals surface area contributed by atoms with Crippen LogP contribution in [0.3, 0.4) is 0 Å². The number of rotatable bonds is 27. The molecule has 0 aromatic rings. The van der Waals surface area contributed by atoms with Gasteiger partial charge in [0.1, 0.15) is 30.2 Å². The molecule has 0 bridgehead atoms. The predicted octanol–water partition coefficient (Wildman–Crippen LogP) is -5.93. The average Bonchev–Trinajstić information content (AvgIpc) is 3.07. The minimum atomic E-state index is -1.74. The van der Waals surface area contributed by atoms with E-state index in [9.17, 15) is 47.9 Å². The van der Waals surface area contributed by atoms with Gasteiger partial charge < -0.3 is 69.5 Å². The van der Waals surface area contributed by atoms with E-state index in [4.69, 9.17) is 37.6 Å². The van der Waals surface area contributed by atoms with Crippen molar-refractivity contribution in [1.82, 2.24) is 31.9 Å². The van der Waals surface area contributed by atoms with Crippen LogP contribution in [0.15, 0.2) is 0 Å². The number of carboxylic acid groups (broad SMARTS) is 3. The SMILES string of the molecule is CC(NC(=O)C(CCC(N)=O)NC(=O)C(CCCCN)NC(=O)C(N)CCC(=O)O)C(=O)NCC(=O)NC(CCC(=O)O)C(=O)NC(CO)C(=O)O. The predicted molar refractivity (Wildman–Crippen MR) is 176 cm³/mol. The Labute approximate surface area is 297 Å². The van der Waals surface area contributed by atoms with Crippen molar-refractivity contribution in [1.29, 1.82) is 0 Å². The average molecular weight is 748 g/mol. The molecule has 7 amide bonds. The molecule has 0 aliphatic carbocycles. The number of carbonyl (C=O) groups is 10. The highest BCUT2D eigenvalue weighted by Crippen LogP contribution is 2.06. The Bertz CT molecular complexity index is 1300. The minimum absolute atomic E-state index is 0.0475. The Balaban J connectivity index is 5.59. The van der Waals surface area contributed by atoms with E-state index in [1.165, 1.54) is 6.92 Å². The molecular formula is C29H49N9O14. The van der Waals surface area contributed by atoms with Crippen molar-refractivity contribution in [3.63, 3.8) is 0 Å². The van der Waals surface area contributed by atoms with Crippen molar-refractivity contribution in [2.24, 2.45) is 17.2 Å². The van der Waals surface area contributed by atoms with Crippen molar-refractivity contribution in [2.75, 3.05) is 19.7 Å². The number of nitrogens with two attached hydrogens (primary N) is 3. The first-order chi connectivity index (χ1) is 24.3. The molecule has 52 heavy (non-hydrogen) atoms. The molecule has 0 aromatic heterocycles. The van der Waals surface area contributed by atoms with Crippen LogP contribution in [0.5, 0.6) is 0 Å². The van der Waals surface area contributed by atoms with Gasteiger partial charge in [0.2, 0.25) is 41.4 Å². The summed E-state index contributed by atoms with van der Waals surface area (Å²) >= 11 is 0. The van der Waals surface area contributed by atoms with E-state index in [0.717, 1.165) is 0 Å². The van der Waals surface area contributed by atoms with Gasteiger partial charge in [-0.3, -0.25) is 43.2 Å². The smallest absolute Gasteiger partial charge is 0.328 e. The van der Waals surface area contributed by atoms with Crippen LogP contribution in [0.1, 0.15) is 64.7 Å². The molecule has 0 aliphatic heterocycles. The van der Waals surface area contributed by atoms with Gasteiger partial charge >= 0.3 is 17.9 Å².